The molecule has 3 rings (SSSR count). The highest BCUT2D eigenvalue weighted by Crippen LogP contribution is 2.23. The van der Waals surface area contributed by atoms with E-state index >= 15 is 0 Å². The first-order valence-corrected chi connectivity index (χ1v) is 7.84. The number of aryl methyl sites for hydroxylation is 1. The fraction of sp³-hybridized carbons (Fsp3) is 0.176. The SMILES string of the molecule is Cc1ccc(CNC(=O)Cn2nnc(-c3ccccc3Cl)n2)cc1. The lowest BCUT2D eigenvalue weighted by atomic mass is 10.1. The van der Waals surface area contributed by atoms with Crippen LogP contribution in [0.4, 0.5) is 0 Å². The lowest BCUT2D eigenvalue weighted by Gasteiger charge is -2.05. The first kappa shape index (κ1) is 16.1. The van der Waals surface area contributed by atoms with Crippen LogP contribution in [0.15, 0.2) is 48.5 Å². The molecule has 0 bridgehead atoms. The van der Waals surface area contributed by atoms with Crippen LogP contribution in [0.3, 0.4) is 0 Å². The van der Waals surface area contributed by atoms with E-state index in [4.69, 9.17) is 11.6 Å². The van der Waals surface area contributed by atoms with Crippen molar-refractivity contribution in [3.8, 4) is 11.4 Å². The topological polar surface area (TPSA) is 72.7 Å². The summed E-state index contributed by atoms with van der Waals surface area (Å²) in [6, 6.07) is 15.2. The van der Waals surface area contributed by atoms with Gasteiger partial charge in [0.1, 0.15) is 6.54 Å². The summed E-state index contributed by atoms with van der Waals surface area (Å²) in [7, 11) is 0. The van der Waals surface area contributed by atoms with Crippen molar-refractivity contribution in [3.05, 3.63) is 64.7 Å². The van der Waals surface area contributed by atoms with Gasteiger partial charge in [-0.1, -0.05) is 53.6 Å². The molecule has 0 unspecified atom stereocenters. The minimum atomic E-state index is -0.182. The van der Waals surface area contributed by atoms with Gasteiger partial charge in [-0.05, 0) is 29.8 Å². The van der Waals surface area contributed by atoms with Gasteiger partial charge in [-0.25, -0.2) is 0 Å². The maximum absolute atomic E-state index is 12.0. The van der Waals surface area contributed by atoms with Gasteiger partial charge in [-0.3, -0.25) is 4.79 Å². The Morgan fingerprint density at radius 1 is 1.17 bits per heavy atom. The number of hydrogen-bond acceptors (Lipinski definition) is 4. The Bertz CT molecular complexity index is 844. The molecule has 0 saturated heterocycles. The third kappa shape index (κ3) is 3.97. The predicted molar refractivity (Wildman–Crippen MR) is 91.3 cm³/mol. The second-order valence-electron chi connectivity index (χ2n) is 5.39. The number of nitrogens with zero attached hydrogens (tertiary/aromatic N) is 4. The number of nitrogens with one attached hydrogen (secondary N) is 1. The zero-order chi connectivity index (χ0) is 16.9. The summed E-state index contributed by atoms with van der Waals surface area (Å²) >= 11 is 6.11. The van der Waals surface area contributed by atoms with Crippen LogP contribution in [0.5, 0.6) is 0 Å². The molecule has 2 aromatic carbocycles. The van der Waals surface area contributed by atoms with Gasteiger partial charge >= 0.3 is 0 Å². The fourth-order valence-electron chi connectivity index (χ4n) is 2.15. The van der Waals surface area contributed by atoms with Gasteiger partial charge in [0.05, 0.1) is 5.02 Å². The largest absolute Gasteiger partial charge is 0.350 e. The standard InChI is InChI=1S/C17H16ClN5O/c1-12-6-8-13(9-7-12)10-19-16(24)11-23-21-17(20-22-23)14-4-2-3-5-15(14)18/h2-9H,10-11H2,1H3,(H,19,24). The number of carbonyl (C=O) groups is 1. The van der Waals surface area contributed by atoms with E-state index in [1.54, 1.807) is 12.1 Å². The van der Waals surface area contributed by atoms with Crippen molar-refractivity contribution in [2.45, 2.75) is 20.0 Å². The van der Waals surface area contributed by atoms with Crippen LogP contribution in [0.25, 0.3) is 11.4 Å². The molecule has 1 amide bonds. The summed E-state index contributed by atoms with van der Waals surface area (Å²) < 4.78 is 0. The monoisotopic (exact) mass is 341 g/mol. The Hall–Kier alpha value is -2.73. The van der Waals surface area contributed by atoms with E-state index in [-0.39, 0.29) is 12.5 Å². The molecular weight excluding hydrogens is 326 g/mol. The first-order valence-electron chi connectivity index (χ1n) is 7.47. The molecule has 1 aromatic heterocycles. The minimum Gasteiger partial charge on any atom is -0.350 e. The van der Waals surface area contributed by atoms with E-state index in [0.29, 0.717) is 23.0 Å². The van der Waals surface area contributed by atoms with Crippen molar-refractivity contribution in [2.75, 3.05) is 0 Å². The van der Waals surface area contributed by atoms with Gasteiger partial charge < -0.3 is 5.32 Å². The van der Waals surface area contributed by atoms with Gasteiger partial charge in [-0.2, -0.15) is 4.80 Å². The Kier molecular flexibility index (Phi) is 4.86. The number of carbonyl (C=O) groups excluding carboxylic acids is 1. The third-order valence-corrected chi connectivity index (χ3v) is 3.79. The van der Waals surface area contributed by atoms with E-state index in [9.17, 15) is 4.79 Å². The number of amides is 1. The number of hydrogen-bond donors (Lipinski definition) is 1. The predicted octanol–water partition coefficient (Wildman–Crippen LogP) is 2.62. The molecule has 1 N–H and O–H groups in total. The zero-order valence-corrected chi connectivity index (χ0v) is 13.9. The van der Waals surface area contributed by atoms with Crippen molar-refractivity contribution in [1.29, 1.82) is 0 Å². The maximum Gasteiger partial charge on any atom is 0.243 e. The van der Waals surface area contributed by atoms with Gasteiger partial charge in [0.25, 0.3) is 0 Å². The summed E-state index contributed by atoms with van der Waals surface area (Å²) in [6.45, 7) is 2.49. The molecule has 0 radical (unpaired) electrons. The van der Waals surface area contributed by atoms with Crippen LogP contribution in [0.2, 0.25) is 5.02 Å². The normalized spacial score (nSPS) is 10.6. The van der Waals surface area contributed by atoms with E-state index in [0.717, 1.165) is 5.56 Å². The van der Waals surface area contributed by atoms with Crippen molar-refractivity contribution >= 4 is 17.5 Å². The average molecular weight is 342 g/mol. The number of rotatable bonds is 5. The van der Waals surface area contributed by atoms with Gasteiger partial charge in [0.15, 0.2) is 0 Å². The highest BCUT2D eigenvalue weighted by molar-refractivity contribution is 6.33. The van der Waals surface area contributed by atoms with Crippen LogP contribution >= 0.6 is 11.6 Å². The lowest BCUT2D eigenvalue weighted by Crippen LogP contribution is -2.28. The summed E-state index contributed by atoms with van der Waals surface area (Å²) in [5, 5.41) is 15.4. The summed E-state index contributed by atoms with van der Waals surface area (Å²) in [5.74, 6) is 0.214. The molecule has 0 fully saturated rings. The molecule has 3 aromatic rings. The number of benzene rings is 2. The Morgan fingerprint density at radius 2 is 1.92 bits per heavy atom. The maximum atomic E-state index is 12.0. The molecule has 0 aliphatic carbocycles. The second-order valence-corrected chi connectivity index (χ2v) is 5.79. The number of aromatic nitrogens is 4. The van der Waals surface area contributed by atoms with Crippen LogP contribution in [0, 0.1) is 6.92 Å². The smallest absolute Gasteiger partial charge is 0.243 e. The molecule has 1 heterocycles. The summed E-state index contributed by atoms with van der Waals surface area (Å²) in [5.41, 5.74) is 2.91. The summed E-state index contributed by atoms with van der Waals surface area (Å²) in [4.78, 5) is 13.3. The van der Waals surface area contributed by atoms with Crippen molar-refractivity contribution in [1.82, 2.24) is 25.5 Å². The zero-order valence-electron chi connectivity index (χ0n) is 13.1. The Balaban J connectivity index is 1.59. The molecule has 0 aliphatic heterocycles. The molecule has 7 heteroatoms. The van der Waals surface area contributed by atoms with Crippen LogP contribution in [0.1, 0.15) is 11.1 Å². The second kappa shape index (κ2) is 7.23. The minimum absolute atomic E-state index is 0.00329. The van der Waals surface area contributed by atoms with Crippen molar-refractivity contribution in [3.63, 3.8) is 0 Å². The molecular formula is C17H16ClN5O. The molecule has 0 saturated carbocycles. The van der Waals surface area contributed by atoms with Crippen LogP contribution < -0.4 is 5.32 Å². The number of tetrazole rings is 1. The fourth-order valence-corrected chi connectivity index (χ4v) is 2.37. The van der Waals surface area contributed by atoms with E-state index in [1.165, 1.54) is 10.4 Å². The quantitative estimate of drug-likeness (QED) is 0.774. The molecule has 122 valence electrons. The third-order valence-electron chi connectivity index (χ3n) is 3.46. The van der Waals surface area contributed by atoms with Gasteiger partial charge in [0.2, 0.25) is 11.7 Å². The molecule has 0 aliphatic rings. The van der Waals surface area contributed by atoms with Crippen molar-refractivity contribution < 1.29 is 4.79 Å². The molecule has 24 heavy (non-hydrogen) atoms. The highest BCUT2D eigenvalue weighted by Gasteiger charge is 2.11. The van der Waals surface area contributed by atoms with Crippen molar-refractivity contribution in [2.24, 2.45) is 0 Å². The van der Waals surface area contributed by atoms with Gasteiger partial charge in [-0.15, -0.1) is 10.2 Å². The number of halogens is 1. The average Bonchev–Trinajstić information content (AvgIpc) is 3.03. The van der Waals surface area contributed by atoms with Crippen LogP contribution in [-0.4, -0.2) is 26.1 Å². The van der Waals surface area contributed by atoms with Crippen LogP contribution in [-0.2, 0) is 17.9 Å². The van der Waals surface area contributed by atoms with E-state index < -0.39 is 0 Å². The first-order chi connectivity index (χ1) is 11.6. The Morgan fingerprint density at radius 3 is 2.67 bits per heavy atom. The van der Waals surface area contributed by atoms with E-state index in [2.05, 4.69) is 20.7 Å². The highest BCUT2D eigenvalue weighted by atomic mass is 35.5. The molecule has 0 spiro atoms. The molecule has 6 nitrogen and oxygen atoms in total. The summed E-state index contributed by atoms with van der Waals surface area (Å²) in [6.07, 6.45) is 0. The Labute approximate surface area is 144 Å². The lowest BCUT2D eigenvalue weighted by molar-refractivity contribution is -0.122. The van der Waals surface area contributed by atoms with E-state index in [1.807, 2.05) is 43.3 Å². The molecule has 0 atom stereocenters. The van der Waals surface area contributed by atoms with Gasteiger partial charge in [0, 0.05) is 12.1 Å².